The van der Waals surface area contributed by atoms with Crippen molar-refractivity contribution in [2.75, 3.05) is 6.61 Å². The predicted octanol–water partition coefficient (Wildman–Crippen LogP) is 2.69. The van der Waals surface area contributed by atoms with Crippen LogP contribution in [0.4, 0.5) is 4.39 Å². The molecular formula is C9H7BrClFO4S. The Morgan fingerprint density at radius 1 is 1.53 bits per heavy atom. The molecule has 1 rings (SSSR count). The first kappa shape index (κ1) is 14.4. The Morgan fingerprint density at radius 3 is 2.59 bits per heavy atom. The molecule has 17 heavy (non-hydrogen) atoms. The van der Waals surface area contributed by atoms with Crippen LogP contribution in [0.1, 0.15) is 17.3 Å². The van der Waals surface area contributed by atoms with Crippen LogP contribution in [0.3, 0.4) is 0 Å². The molecule has 1 aromatic carbocycles. The van der Waals surface area contributed by atoms with Crippen molar-refractivity contribution in [3.05, 3.63) is 28.0 Å². The Kier molecular flexibility index (Phi) is 4.51. The normalized spacial score (nSPS) is 11.3. The van der Waals surface area contributed by atoms with Gasteiger partial charge in [-0.2, -0.15) is 0 Å². The highest BCUT2D eigenvalue weighted by Gasteiger charge is 2.22. The third kappa shape index (κ3) is 3.40. The van der Waals surface area contributed by atoms with E-state index < -0.39 is 25.7 Å². The summed E-state index contributed by atoms with van der Waals surface area (Å²) in [5.74, 6) is -1.73. The number of carbonyl (C=O) groups excluding carboxylic acids is 1. The highest BCUT2D eigenvalue weighted by Crippen LogP contribution is 2.30. The van der Waals surface area contributed by atoms with E-state index in [2.05, 4.69) is 20.7 Å². The van der Waals surface area contributed by atoms with Gasteiger partial charge in [-0.1, -0.05) is 0 Å². The van der Waals surface area contributed by atoms with Crippen LogP contribution in [-0.4, -0.2) is 21.0 Å². The number of halogens is 3. The summed E-state index contributed by atoms with van der Waals surface area (Å²) in [6.45, 7) is 1.66. The maximum Gasteiger partial charge on any atom is 0.339 e. The van der Waals surface area contributed by atoms with Gasteiger partial charge in [0.15, 0.2) is 0 Å². The van der Waals surface area contributed by atoms with Gasteiger partial charge < -0.3 is 4.74 Å². The molecule has 0 heterocycles. The van der Waals surface area contributed by atoms with Crippen LogP contribution in [0.5, 0.6) is 0 Å². The molecule has 0 aromatic heterocycles. The summed E-state index contributed by atoms with van der Waals surface area (Å²) in [5, 5.41) is 0. The van der Waals surface area contributed by atoms with Crippen LogP contribution in [-0.2, 0) is 13.8 Å². The lowest BCUT2D eigenvalue weighted by atomic mass is 10.2. The maximum atomic E-state index is 13.2. The standard InChI is InChI=1S/C9H7BrClFO4S/c1-2-16-9(13)6-3-5(12)4-7(8(6)10)17(11,14)15/h3-4H,2H2,1H3. The van der Waals surface area contributed by atoms with Gasteiger partial charge in [0.05, 0.1) is 16.6 Å². The van der Waals surface area contributed by atoms with Gasteiger partial charge in [-0.05, 0) is 35.0 Å². The molecule has 0 fully saturated rings. The van der Waals surface area contributed by atoms with Crippen molar-refractivity contribution in [1.82, 2.24) is 0 Å². The first-order valence-corrected chi connectivity index (χ1v) is 7.48. The summed E-state index contributed by atoms with van der Waals surface area (Å²) in [6.07, 6.45) is 0. The lowest BCUT2D eigenvalue weighted by molar-refractivity contribution is 0.0524. The van der Waals surface area contributed by atoms with E-state index in [9.17, 15) is 17.6 Å². The molecule has 0 saturated carbocycles. The zero-order chi connectivity index (χ0) is 13.2. The number of hydrogen-bond acceptors (Lipinski definition) is 4. The fourth-order valence-corrected chi connectivity index (χ4v) is 3.35. The molecule has 0 aliphatic rings. The molecule has 0 aliphatic carbocycles. The fraction of sp³-hybridized carbons (Fsp3) is 0.222. The summed E-state index contributed by atoms with van der Waals surface area (Å²) in [4.78, 5) is 10.9. The third-order valence-corrected chi connectivity index (χ3v) is 4.22. The van der Waals surface area contributed by atoms with Crippen LogP contribution in [0, 0.1) is 5.82 Å². The molecule has 94 valence electrons. The van der Waals surface area contributed by atoms with Crippen LogP contribution < -0.4 is 0 Å². The van der Waals surface area contributed by atoms with Crippen LogP contribution >= 0.6 is 26.6 Å². The summed E-state index contributed by atoms with van der Waals surface area (Å²) >= 11 is 2.89. The van der Waals surface area contributed by atoms with E-state index in [0.29, 0.717) is 0 Å². The first-order valence-electron chi connectivity index (χ1n) is 4.38. The molecule has 4 nitrogen and oxygen atoms in total. The molecule has 0 saturated heterocycles. The summed E-state index contributed by atoms with van der Waals surface area (Å²) < 4.78 is 40.0. The lowest BCUT2D eigenvalue weighted by Crippen LogP contribution is -2.08. The third-order valence-electron chi connectivity index (χ3n) is 1.76. The molecule has 0 bridgehead atoms. The molecule has 0 spiro atoms. The Labute approximate surface area is 110 Å². The first-order chi connectivity index (χ1) is 7.77. The second-order valence-corrected chi connectivity index (χ2v) is 6.25. The van der Waals surface area contributed by atoms with E-state index in [1.807, 2.05) is 0 Å². The molecule has 0 radical (unpaired) electrons. The zero-order valence-electron chi connectivity index (χ0n) is 8.54. The molecule has 8 heteroatoms. The monoisotopic (exact) mass is 344 g/mol. The molecule has 0 unspecified atom stereocenters. The zero-order valence-corrected chi connectivity index (χ0v) is 11.7. The van der Waals surface area contributed by atoms with E-state index >= 15 is 0 Å². The number of rotatable bonds is 3. The lowest BCUT2D eigenvalue weighted by Gasteiger charge is -2.07. The minimum Gasteiger partial charge on any atom is -0.462 e. The fourth-order valence-electron chi connectivity index (χ4n) is 1.10. The molecule has 1 aromatic rings. The molecule has 0 aliphatic heterocycles. The van der Waals surface area contributed by atoms with Crippen LogP contribution in [0.15, 0.2) is 21.5 Å². The Bertz CT molecular complexity index is 558. The Morgan fingerprint density at radius 2 is 2.12 bits per heavy atom. The summed E-state index contributed by atoms with van der Waals surface area (Å²) in [7, 11) is 0.964. The predicted molar refractivity (Wildman–Crippen MR) is 63.1 cm³/mol. The van der Waals surface area contributed by atoms with E-state index in [1.165, 1.54) is 0 Å². The van der Waals surface area contributed by atoms with Gasteiger partial charge in [0.1, 0.15) is 10.7 Å². The highest BCUT2D eigenvalue weighted by atomic mass is 79.9. The number of benzene rings is 1. The molecular weight excluding hydrogens is 339 g/mol. The highest BCUT2D eigenvalue weighted by molar-refractivity contribution is 9.10. The quantitative estimate of drug-likeness (QED) is 0.624. The van der Waals surface area contributed by atoms with Crippen molar-refractivity contribution >= 4 is 41.6 Å². The van der Waals surface area contributed by atoms with Crippen molar-refractivity contribution in [2.45, 2.75) is 11.8 Å². The molecule has 0 amide bonds. The van der Waals surface area contributed by atoms with E-state index in [1.54, 1.807) is 6.92 Å². The second-order valence-electron chi connectivity index (χ2n) is 2.92. The summed E-state index contributed by atoms with van der Waals surface area (Å²) in [5.41, 5.74) is -0.230. The van der Waals surface area contributed by atoms with E-state index in [4.69, 9.17) is 10.7 Å². The van der Waals surface area contributed by atoms with E-state index in [-0.39, 0.29) is 16.6 Å². The van der Waals surface area contributed by atoms with Gasteiger partial charge in [-0.3, -0.25) is 0 Å². The van der Waals surface area contributed by atoms with Gasteiger partial charge in [-0.25, -0.2) is 17.6 Å². The van der Waals surface area contributed by atoms with Gasteiger partial charge >= 0.3 is 5.97 Å². The van der Waals surface area contributed by atoms with Gasteiger partial charge in [0, 0.05) is 10.7 Å². The van der Waals surface area contributed by atoms with Gasteiger partial charge in [0.2, 0.25) is 0 Å². The van der Waals surface area contributed by atoms with Crippen molar-refractivity contribution in [3.63, 3.8) is 0 Å². The molecule has 0 N–H and O–H groups in total. The van der Waals surface area contributed by atoms with Crippen molar-refractivity contribution in [2.24, 2.45) is 0 Å². The largest absolute Gasteiger partial charge is 0.462 e. The number of hydrogen-bond donors (Lipinski definition) is 0. The van der Waals surface area contributed by atoms with Crippen molar-refractivity contribution in [1.29, 1.82) is 0 Å². The minimum absolute atomic E-state index is 0.0880. The van der Waals surface area contributed by atoms with Crippen molar-refractivity contribution in [3.8, 4) is 0 Å². The van der Waals surface area contributed by atoms with Crippen LogP contribution in [0.2, 0.25) is 0 Å². The number of esters is 1. The average molecular weight is 346 g/mol. The topological polar surface area (TPSA) is 60.4 Å². The number of ether oxygens (including phenoxy) is 1. The number of carbonyl (C=O) groups is 1. The Balaban J connectivity index is 3.44. The second kappa shape index (κ2) is 5.32. The van der Waals surface area contributed by atoms with Gasteiger partial charge in [0.25, 0.3) is 9.05 Å². The minimum atomic E-state index is -4.15. The smallest absolute Gasteiger partial charge is 0.339 e. The maximum absolute atomic E-state index is 13.2. The van der Waals surface area contributed by atoms with E-state index in [0.717, 1.165) is 12.1 Å². The van der Waals surface area contributed by atoms with Crippen LogP contribution in [0.25, 0.3) is 0 Å². The SMILES string of the molecule is CCOC(=O)c1cc(F)cc(S(=O)(=O)Cl)c1Br. The summed E-state index contributed by atoms with van der Waals surface area (Å²) in [6, 6.07) is 1.59. The average Bonchev–Trinajstić information content (AvgIpc) is 2.19. The molecule has 0 atom stereocenters. The van der Waals surface area contributed by atoms with Gasteiger partial charge in [-0.15, -0.1) is 0 Å². The van der Waals surface area contributed by atoms with Crippen molar-refractivity contribution < 1.29 is 22.3 Å². The Hall–Kier alpha value is -0.660.